The van der Waals surface area contributed by atoms with Gasteiger partial charge in [-0.3, -0.25) is 0 Å². The van der Waals surface area contributed by atoms with Gasteiger partial charge < -0.3 is 5.32 Å². The van der Waals surface area contributed by atoms with Gasteiger partial charge in [-0.05, 0) is 36.7 Å². The Hall–Kier alpha value is -0.480. The fraction of sp³-hybridized carbons (Fsp3) is 0.455. The molecule has 0 aromatic heterocycles. The first-order valence-corrected chi connectivity index (χ1v) is 5.72. The molecule has 0 radical (unpaired) electrons. The van der Waals surface area contributed by atoms with Gasteiger partial charge in [0.25, 0.3) is 0 Å². The Morgan fingerprint density at radius 1 is 1.47 bits per heavy atom. The van der Waals surface area contributed by atoms with Gasteiger partial charge in [0.1, 0.15) is 11.5 Å². The number of halogens is 3. The maximum Gasteiger partial charge on any atom is 0.128 e. The molecule has 1 nitrogen and oxygen atoms in total. The number of alkyl halides is 1. The van der Waals surface area contributed by atoms with E-state index in [0.717, 1.165) is 4.47 Å². The summed E-state index contributed by atoms with van der Waals surface area (Å²) >= 11 is 3.31. The molecule has 82 valence electrons. The van der Waals surface area contributed by atoms with Crippen LogP contribution in [0.4, 0.5) is 8.78 Å². The van der Waals surface area contributed by atoms with Gasteiger partial charge in [-0.1, -0.05) is 15.9 Å². The van der Waals surface area contributed by atoms with E-state index in [9.17, 15) is 8.78 Å². The largest absolute Gasteiger partial charge is 0.313 e. The van der Waals surface area contributed by atoms with E-state index in [2.05, 4.69) is 21.2 Å². The van der Waals surface area contributed by atoms with E-state index in [1.54, 1.807) is 6.07 Å². The lowest BCUT2D eigenvalue weighted by Crippen LogP contribution is -2.28. The lowest BCUT2D eigenvalue weighted by Gasteiger charge is -2.18. The Kier molecular flexibility index (Phi) is 3.07. The van der Waals surface area contributed by atoms with Gasteiger partial charge in [0, 0.05) is 17.4 Å². The zero-order valence-corrected chi connectivity index (χ0v) is 9.78. The van der Waals surface area contributed by atoms with Crippen LogP contribution in [0, 0.1) is 5.82 Å². The van der Waals surface area contributed by atoms with Crippen LogP contribution < -0.4 is 5.32 Å². The molecule has 1 atom stereocenters. The SMILES string of the molecule is Fc1ccc(Br)c(CC2(F)CCNC2)c1. The second-order valence-electron chi connectivity index (χ2n) is 3.99. The third-order valence-electron chi connectivity index (χ3n) is 2.71. The van der Waals surface area contributed by atoms with Crippen LogP contribution in [0.5, 0.6) is 0 Å². The van der Waals surface area contributed by atoms with Gasteiger partial charge >= 0.3 is 0 Å². The van der Waals surface area contributed by atoms with Gasteiger partial charge in [-0.15, -0.1) is 0 Å². The summed E-state index contributed by atoms with van der Waals surface area (Å²) < 4.78 is 27.9. The number of rotatable bonds is 2. The molecule has 4 heteroatoms. The van der Waals surface area contributed by atoms with Gasteiger partial charge in [0.05, 0.1) is 0 Å². The first-order valence-electron chi connectivity index (χ1n) is 4.93. The molecule has 0 aliphatic carbocycles. The summed E-state index contributed by atoms with van der Waals surface area (Å²) in [6.07, 6.45) is 0.758. The zero-order valence-electron chi connectivity index (χ0n) is 8.19. The number of benzene rings is 1. The van der Waals surface area contributed by atoms with Crippen LogP contribution in [-0.2, 0) is 6.42 Å². The molecule has 1 unspecified atom stereocenters. The first-order chi connectivity index (χ1) is 7.09. The van der Waals surface area contributed by atoms with Crippen LogP contribution in [0.1, 0.15) is 12.0 Å². The fourth-order valence-corrected chi connectivity index (χ4v) is 2.27. The molecule has 1 aliphatic rings. The summed E-state index contributed by atoms with van der Waals surface area (Å²) in [4.78, 5) is 0. The summed E-state index contributed by atoms with van der Waals surface area (Å²) in [6, 6.07) is 4.38. The maximum atomic E-state index is 14.1. The molecule has 15 heavy (non-hydrogen) atoms. The predicted octanol–water partition coefficient (Wildman–Crippen LogP) is 2.83. The molecule has 1 heterocycles. The molecule has 0 amide bonds. The van der Waals surface area contributed by atoms with E-state index >= 15 is 0 Å². The quantitative estimate of drug-likeness (QED) is 0.875. The summed E-state index contributed by atoms with van der Waals surface area (Å²) in [5.74, 6) is -0.317. The highest BCUT2D eigenvalue weighted by Crippen LogP contribution is 2.28. The molecule has 1 aromatic carbocycles. The van der Waals surface area contributed by atoms with Crippen molar-refractivity contribution in [3.8, 4) is 0 Å². The third kappa shape index (κ3) is 2.55. The number of nitrogens with one attached hydrogen (secondary N) is 1. The van der Waals surface area contributed by atoms with Crippen molar-refractivity contribution in [3.05, 3.63) is 34.1 Å². The lowest BCUT2D eigenvalue weighted by molar-refractivity contribution is 0.190. The van der Waals surface area contributed by atoms with Crippen LogP contribution >= 0.6 is 15.9 Å². The second kappa shape index (κ2) is 4.18. The average Bonchev–Trinajstić information content (AvgIpc) is 2.59. The summed E-state index contributed by atoms with van der Waals surface area (Å²) in [5, 5.41) is 2.98. The first kappa shape index (κ1) is 11.0. The van der Waals surface area contributed by atoms with Crippen LogP contribution in [0.3, 0.4) is 0 Å². The molecular formula is C11H12BrF2N. The van der Waals surface area contributed by atoms with Crippen molar-refractivity contribution < 1.29 is 8.78 Å². The monoisotopic (exact) mass is 275 g/mol. The highest BCUT2D eigenvalue weighted by molar-refractivity contribution is 9.10. The van der Waals surface area contributed by atoms with Crippen molar-refractivity contribution in [1.82, 2.24) is 5.32 Å². The molecule has 1 fully saturated rings. The standard InChI is InChI=1S/C11H12BrF2N/c12-10-2-1-9(13)5-8(10)6-11(14)3-4-15-7-11/h1-2,5,15H,3-4,6-7H2. The topological polar surface area (TPSA) is 12.0 Å². The number of hydrogen-bond donors (Lipinski definition) is 1. The van der Waals surface area contributed by atoms with Gasteiger partial charge in [-0.2, -0.15) is 0 Å². The van der Waals surface area contributed by atoms with E-state index in [1.165, 1.54) is 12.1 Å². The molecule has 1 aromatic rings. The predicted molar refractivity (Wildman–Crippen MR) is 59.1 cm³/mol. The van der Waals surface area contributed by atoms with Gasteiger partial charge in [0.2, 0.25) is 0 Å². The van der Waals surface area contributed by atoms with E-state index in [0.29, 0.717) is 25.1 Å². The average molecular weight is 276 g/mol. The minimum Gasteiger partial charge on any atom is -0.313 e. The summed E-state index contributed by atoms with van der Waals surface area (Å²) in [5.41, 5.74) is -0.530. The van der Waals surface area contributed by atoms with Crippen molar-refractivity contribution in [1.29, 1.82) is 0 Å². The molecular weight excluding hydrogens is 264 g/mol. The minimum atomic E-state index is -1.23. The van der Waals surface area contributed by atoms with Gasteiger partial charge in [0.15, 0.2) is 0 Å². The highest BCUT2D eigenvalue weighted by Gasteiger charge is 2.34. The minimum absolute atomic E-state index is 0.262. The van der Waals surface area contributed by atoms with E-state index in [4.69, 9.17) is 0 Å². The normalized spacial score (nSPS) is 25.8. The molecule has 1 saturated heterocycles. The van der Waals surface area contributed by atoms with Crippen LogP contribution in [0.15, 0.2) is 22.7 Å². The van der Waals surface area contributed by atoms with Crippen LogP contribution in [0.2, 0.25) is 0 Å². The van der Waals surface area contributed by atoms with E-state index in [-0.39, 0.29) is 12.2 Å². The Morgan fingerprint density at radius 3 is 2.93 bits per heavy atom. The fourth-order valence-electron chi connectivity index (χ4n) is 1.88. The molecule has 0 spiro atoms. The molecule has 2 rings (SSSR count). The Bertz CT molecular complexity index is 362. The Labute approximate surface area is 96.0 Å². The van der Waals surface area contributed by atoms with Crippen LogP contribution in [0.25, 0.3) is 0 Å². The number of hydrogen-bond acceptors (Lipinski definition) is 1. The van der Waals surface area contributed by atoms with Crippen molar-refractivity contribution in [3.63, 3.8) is 0 Å². The highest BCUT2D eigenvalue weighted by atomic mass is 79.9. The van der Waals surface area contributed by atoms with Crippen molar-refractivity contribution in [2.24, 2.45) is 0 Å². The van der Waals surface area contributed by atoms with Crippen molar-refractivity contribution in [2.75, 3.05) is 13.1 Å². The molecule has 0 saturated carbocycles. The van der Waals surface area contributed by atoms with Gasteiger partial charge in [-0.25, -0.2) is 8.78 Å². The van der Waals surface area contributed by atoms with E-state index in [1.807, 2.05) is 0 Å². The Morgan fingerprint density at radius 2 is 2.27 bits per heavy atom. The summed E-state index contributed by atoms with van der Waals surface area (Å²) in [7, 11) is 0. The molecule has 1 N–H and O–H groups in total. The summed E-state index contributed by atoms with van der Waals surface area (Å²) in [6.45, 7) is 1.05. The van der Waals surface area contributed by atoms with Crippen LogP contribution in [-0.4, -0.2) is 18.8 Å². The zero-order chi connectivity index (χ0) is 10.9. The second-order valence-corrected chi connectivity index (χ2v) is 4.84. The third-order valence-corrected chi connectivity index (χ3v) is 3.48. The Balaban J connectivity index is 2.19. The van der Waals surface area contributed by atoms with Crippen molar-refractivity contribution in [2.45, 2.75) is 18.5 Å². The smallest absolute Gasteiger partial charge is 0.128 e. The van der Waals surface area contributed by atoms with E-state index < -0.39 is 5.67 Å². The molecule has 1 aliphatic heterocycles. The maximum absolute atomic E-state index is 14.1. The van der Waals surface area contributed by atoms with Crippen molar-refractivity contribution >= 4 is 15.9 Å². The lowest BCUT2D eigenvalue weighted by atomic mass is 9.95. The molecule has 0 bridgehead atoms.